The number of ether oxygens (including phenoxy) is 2. The number of carbonyl (C=O) groups excluding carboxylic acids is 1. The summed E-state index contributed by atoms with van der Waals surface area (Å²) in [4.78, 5) is 26.6. The average Bonchev–Trinajstić information content (AvgIpc) is 3.07. The third-order valence-electron chi connectivity index (χ3n) is 3.92. The van der Waals surface area contributed by atoms with E-state index in [1.165, 1.54) is 0 Å². The Morgan fingerprint density at radius 1 is 1.27 bits per heavy atom. The molecule has 0 saturated heterocycles. The van der Waals surface area contributed by atoms with Crippen LogP contribution in [0.25, 0.3) is 0 Å². The van der Waals surface area contributed by atoms with E-state index in [4.69, 9.17) is 9.47 Å². The number of aryl methyl sites for hydroxylation is 1. The van der Waals surface area contributed by atoms with E-state index in [-0.39, 0.29) is 36.8 Å². The molecule has 0 saturated carbocycles. The average molecular weight is 358 g/mol. The van der Waals surface area contributed by atoms with E-state index in [1.807, 2.05) is 32.0 Å². The zero-order valence-electron chi connectivity index (χ0n) is 14.9. The standard InChI is InChI=1S/C18H22N4O4/c1-11(2)9-19-17(23)6-4-13-18(24)20-16(22-21-13)8-12-3-5-14-15(7-12)26-10-25-14/h3,5,7,11H,4,6,8-10H2,1-2H3,(H,19,23)(H,20,22,24). The van der Waals surface area contributed by atoms with E-state index in [1.54, 1.807) is 0 Å². The third-order valence-corrected chi connectivity index (χ3v) is 3.92. The predicted octanol–water partition coefficient (Wildman–Crippen LogP) is 1.19. The molecule has 2 heterocycles. The van der Waals surface area contributed by atoms with Gasteiger partial charge in [0.05, 0.1) is 0 Å². The second-order valence-corrected chi connectivity index (χ2v) is 6.61. The Morgan fingerprint density at radius 3 is 2.85 bits per heavy atom. The lowest BCUT2D eigenvalue weighted by Gasteiger charge is -2.07. The molecule has 2 N–H and O–H groups in total. The summed E-state index contributed by atoms with van der Waals surface area (Å²) in [6, 6.07) is 5.57. The highest BCUT2D eigenvalue weighted by molar-refractivity contribution is 5.76. The number of aromatic amines is 1. The smallest absolute Gasteiger partial charge is 0.272 e. The van der Waals surface area contributed by atoms with E-state index < -0.39 is 0 Å². The van der Waals surface area contributed by atoms with Crippen molar-refractivity contribution in [3.8, 4) is 11.5 Å². The van der Waals surface area contributed by atoms with Crippen molar-refractivity contribution in [1.29, 1.82) is 0 Å². The van der Waals surface area contributed by atoms with Gasteiger partial charge < -0.3 is 19.8 Å². The summed E-state index contributed by atoms with van der Waals surface area (Å²) < 4.78 is 10.6. The van der Waals surface area contributed by atoms with Gasteiger partial charge in [0.15, 0.2) is 11.5 Å². The minimum Gasteiger partial charge on any atom is -0.454 e. The number of hydrogen-bond donors (Lipinski definition) is 2. The molecular weight excluding hydrogens is 336 g/mol. The number of fused-ring (bicyclic) bond motifs is 1. The fraction of sp³-hybridized carbons (Fsp3) is 0.444. The summed E-state index contributed by atoms with van der Waals surface area (Å²) in [5.74, 6) is 2.14. The van der Waals surface area contributed by atoms with Crippen molar-refractivity contribution in [3.05, 3.63) is 45.6 Å². The van der Waals surface area contributed by atoms with Gasteiger partial charge in [-0.15, -0.1) is 10.2 Å². The highest BCUT2D eigenvalue weighted by Crippen LogP contribution is 2.32. The number of benzene rings is 1. The summed E-state index contributed by atoms with van der Waals surface area (Å²) in [7, 11) is 0. The largest absolute Gasteiger partial charge is 0.454 e. The van der Waals surface area contributed by atoms with Crippen LogP contribution in [0.4, 0.5) is 0 Å². The first-order valence-corrected chi connectivity index (χ1v) is 8.61. The van der Waals surface area contributed by atoms with Crippen molar-refractivity contribution in [3.63, 3.8) is 0 Å². The van der Waals surface area contributed by atoms with Gasteiger partial charge in [-0.05, 0) is 23.6 Å². The monoisotopic (exact) mass is 358 g/mol. The molecule has 0 bridgehead atoms. The van der Waals surface area contributed by atoms with Crippen molar-refractivity contribution in [1.82, 2.24) is 20.5 Å². The second kappa shape index (κ2) is 7.99. The zero-order valence-corrected chi connectivity index (χ0v) is 14.9. The SMILES string of the molecule is CC(C)CNC(=O)CCc1nnc(Cc2ccc3c(c2)OCO3)[nH]c1=O. The number of nitrogens with zero attached hydrogens (tertiary/aromatic N) is 2. The van der Waals surface area contributed by atoms with Crippen LogP contribution in [0.15, 0.2) is 23.0 Å². The van der Waals surface area contributed by atoms with Gasteiger partial charge in [0, 0.05) is 25.8 Å². The number of amides is 1. The Kier molecular flexibility index (Phi) is 5.50. The molecule has 1 aliphatic heterocycles. The molecule has 0 spiro atoms. The lowest BCUT2D eigenvalue weighted by Crippen LogP contribution is -2.28. The number of rotatable bonds is 7. The van der Waals surface area contributed by atoms with E-state index >= 15 is 0 Å². The maximum atomic E-state index is 12.2. The van der Waals surface area contributed by atoms with Crippen LogP contribution < -0.4 is 20.3 Å². The van der Waals surface area contributed by atoms with Crippen LogP contribution in [0.2, 0.25) is 0 Å². The molecule has 8 heteroatoms. The molecule has 0 fully saturated rings. The van der Waals surface area contributed by atoms with Crippen LogP contribution in [0.1, 0.15) is 37.4 Å². The van der Waals surface area contributed by atoms with Gasteiger partial charge in [-0.25, -0.2) is 0 Å². The summed E-state index contributed by atoms with van der Waals surface area (Å²) in [5, 5.41) is 10.9. The minimum absolute atomic E-state index is 0.0932. The first-order valence-electron chi connectivity index (χ1n) is 8.61. The van der Waals surface area contributed by atoms with Crippen LogP contribution in [0.5, 0.6) is 11.5 Å². The molecule has 0 aliphatic carbocycles. The molecule has 0 atom stereocenters. The van der Waals surface area contributed by atoms with Crippen molar-refractivity contribution in [2.45, 2.75) is 33.1 Å². The molecule has 138 valence electrons. The van der Waals surface area contributed by atoms with Crippen LogP contribution >= 0.6 is 0 Å². The molecule has 1 amide bonds. The number of aromatic nitrogens is 3. The Hall–Kier alpha value is -2.90. The van der Waals surface area contributed by atoms with Gasteiger partial charge in [-0.3, -0.25) is 9.59 Å². The first-order chi connectivity index (χ1) is 12.5. The van der Waals surface area contributed by atoms with Crippen molar-refractivity contribution in [2.75, 3.05) is 13.3 Å². The quantitative estimate of drug-likeness (QED) is 0.770. The van der Waals surface area contributed by atoms with Gasteiger partial charge in [0.25, 0.3) is 5.56 Å². The summed E-state index contributed by atoms with van der Waals surface area (Å²) in [6.07, 6.45) is 0.899. The normalized spacial score (nSPS) is 12.4. The molecule has 26 heavy (non-hydrogen) atoms. The maximum Gasteiger partial charge on any atom is 0.272 e. The van der Waals surface area contributed by atoms with Crippen LogP contribution in [0.3, 0.4) is 0 Å². The molecule has 0 unspecified atom stereocenters. The van der Waals surface area contributed by atoms with Gasteiger partial charge in [0.2, 0.25) is 12.7 Å². The Balaban J connectivity index is 1.59. The van der Waals surface area contributed by atoms with E-state index in [0.717, 1.165) is 5.56 Å². The molecule has 1 aliphatic rings. The topological polar surface area (TPSA) is 106 Å². The Morgan fingerprint density at radius 2 is 2.08 bits per heavy atom. The highest BCUT2D eigenvalue weighted by atomic mass is 16.7. The summed E-state index contributed by atoms with van der Waals surface area (Å²) >= 11 is 0. The Labute approximate surface area is 150 Å². The van der Waals surface area contributed by atoms with Gasteiger partial charge in [-0.2, -0.15) is 0 Å². The van der Waals surface area contributed by atoms with Crippen LogP contribution in [0, 0.1) is 5.92 Å². The van der Waals surface area contributed by atoms with E-state index in [2.05, 4.69) is 20.5 Å². The van der Waals surface area contributed by atoms with Crippen molar-refractivity contribution < 1.29 is 14.3 Å². The third kappa shape index (κ3) is 4.59. The predicted molar refractivity (Wildman–Crippen MR) is 94.2 cm³/mol. The molecule has 1 aromatic carbocycles. The van der Waals surface area contributed by atoms with E-state index in [9.17, 15) is 9.59 Å². The fourth-order valence-electron chi connectivity index (χ4n) is 2.52. The number of nitrogens with one attached hydrogen (secondary N) is 2. The fourth-order valence-corrected chi connectivity index (χ4v) is 2.52. The maximum absolute atomic E-state index is 12.2. The van der Waals surface area contributed by atoms with Crippen molar-refractivity contribution in [2.24, 2.45) is 5.92 Å². The van der Waals surface area contributed by atoms with Crippen LogP contribution in [-0.4, -0.2) is 34.4 Å². The zero-order chi connectivity index (χ0) is 18.5. The molecular formula is C18H22N4O4. The highest BCUT2D eigenvalue weighted by Gasteiger charge is 2.14. The molecule has 2 aromatic rings. The van der Waals surface area contributed by atoms with E-state index in [0.29, 0.717) is 36.2 Å². The second-order valence-electron chi connectivity index (χ2n) is 6.61. The molecule has 3 rings (SSSR count). The minimum atomic E-state index is -0.313. The molecule has 0 radical (unpaired) electrons. The first kappa shape index (κ1) is 17.9. The lowest BCUT2D eigenvalue weighted by molar-refractivity contribution is -0.121. The summed E-state index contributed by atoms with van der Waals surface area (Å²) in [6.45, 7) is 4.88. The molecule has 1 aromatic heterocycles. The number of carbonyl (C=O) groups is 1. The number of hydrogen-bond acceptors (Lipinski definition) is 6. The summed E-state index contributed by atoms with van der Waals surface area (Å²) in [5.41, 5.74) is 0.881. The lowest BCUT2D eigenvalue weighted by atomic mass is 10.1. The molecule has 8 nitrogen and oxygen atoms in total. The van der Waals surface area contributed by atoms with Crippen LogP contribution in [-0.2, 0) is 17.6 Å². The van der Waals surface area contributed by atoms with Gasteiger partial charge >= 0.3 is 0 Å². The van der Waals surface area contributed by atoms with Gasteiger partial charge in [-0.1, -0.05) is 19.9 Å². The van der Waals surface area contributed by atoms with Gasteiger partial charge in [0.1, 0.15) is 11.5 Å². The van der Waals surface area contributed by atoms with Crippen molar-refractivity contribution >= 4 is 5.91 Å². The Bertz CT molecular complexity index is 847. The number of H-pyrrole nitrogens is 1.